The lowest BCUT2D eigenvalue weighted by molar-refractivity contribution is -0.138. The van der Waals surface area contributed by atoms with Crippen LogP contribution in [0.3, 0.4) is 0 Å². The van der Waals surface area contributed by atoms with Crippen LogP contribution in [0.15, 0.2) is 10.6 Å². The van der Waals surface area contributed by atoms with Gasteiger partial charge in [-0.25, -0.2) is 0 Å². The molecule has 6 nitrogen and oxygen atoms in total. The second-order valence-electron chi connectivity index (χ2n) is 5.21. The molecular formula is C13H16N2O4S. The minimum atomic E-state index is -0.880. The Bertz CT molecular complexity index is 526. The van der Waals surface area contributed by atoms with Crippen LogP contribution in [0.25, 0.3) is 0 Å². The fourth-order valence-corrected chi connectivity index (χ4v) is 3.45. The quantitative estimate of drug-likeness (QED) is 0.908. The van der Waals surface area contributed by atoms with Crippen LogP contribution in [0.4, 0.5) is 0 Å². The Hall–Kier alpha value is -1.50. The number of aliphatic carboxylic acids is 1. The first-order chi connectivity index (χ1) is 9.65. The van der Waals surface area contributed by atoms with E-state index in [1.807, 2.05) is 0 Å². The van der Waals surface area contributed by atoms with Crippen molar-refractivity contribution in [3.8, 4) is 0 Å². The number of amides is 1. The Balaban J connectivity index is 1.73. The minimum absolute atomic E-state index is 0.0218. The standard InChI is InChI=1S/C13H16N2O4S/c16-12(17)5-9-7-20-4-3-15(9)13(18)10-6-11(19-14-10)8-1-2-8/h6,8-9H,1-5,7H2,(H,16,17). The predicted molar refractivity (Wildman–Crippen MR) is 72.9 cm³/mol. The molecule has 0 spiro atoms. The van der Waals surface area contributed by atoms with Crippen molar-refractivity contribution in [3.05, 3.63) is 17.5 Å². The maximum atomic E-state index is 12.4. The van der Waals surface area contributed by atoms with E-state index in [0.29, 0.717) is 23.9 Å². The lowest BCUT2D eigenvalue weighted by atomic mass is 10.1. The summed E-state index contributed by atoms with van der Waals surface area (Å²) in [5.74, 6) is 1.58. The number of carbonyl (C=O) groups is 2. The van der Waals surface area contributed by atoms with Gasteiger partial charge in [0, 0.05) is 30.0 Å². The summed E-state index contributed by atoms with van der Waals surface area (Å²) in [5.41, 5.74) is 0.300. The fraction of sp³-hybridized carbons (Fsp3) is 0.615. The summed E-state index contributed by atoms with van der Waals surface area (Å²) in [7, 11) is 0. The summed E-state index contributed by atoms with van der Waals surface area (Å²) in [6, 6.07) is 1.44. The van der Waals surface area contributed by atoms with E-state index in [9.17, 15) is 9.59 Å². The third-order valence-electron chi connectivity index (χ3n) is 3.63. The van der Waals surface area contributed by atoms with Crippen molar-refractivity contribution >= 4 is 23.6 Å². The van der Waals surface area contributed by atoms with Gasteiger partial charge in [-0.15, -0.1) is 0 Å². The van der Waals surface area contributed by atoms with Crippen molar-refractivity contribution in [2.45, 2.75) is 31.2 Å². The van der Waals surface area contributed by atoms with Gasteiger partial charge in [-0.1, -0.05) is 5.16 Å². The van der Waals surface area contributed by atoms with E-state index in [2.05, 4.69) is 5.16 Å². The van der Waals surface area contributed by atoms with E-state index in [1.54, 1.807) is 22.7 Å². The van der Waals surface area contributed by atoms with E-state index in [0.717, 1.165) is 24.4 Å². The third-order valence-corrected chi connectivity index (χ3v) is 4.72. The monoisotopic (exact) mass is 296 g/mol. The first kappa shape index (κ1) is 13.5. The van der Waals surface area contributed by atoms with Crippen molar-refractivity contribution in [1.82, 2.24) is 10.1 Å². The average molecular weight is 296 g/mol. The van der Waals surface area contributed by atoms with Gasteiger partial charge in [0.1, 0.15) is 5.76 Å². The zero-order chi connectivity index (χ0) is 14.1. The maximum Gasteiger partial charge on any atom is 0.305 e. The number of hydrogen-bond acceptors (Lipinski definition) is 5. The van der Waals surface area contributed by atoms with Crippen LogP contribution in [-0.2, 0) is 4.79 Å². The maximum absolute atomic E-state index is 12.4. The smallest absolute Gasteiger partial charge is 0.305 e. The number of nitrogens with zero attached hydrogens (tertiary/aromatic N) is 2. The summed E-state index contributed by atoms with van der Waals surface area (Å²) in [5, 5.41) is 12.8. The summed E-state index contributed by atoms with van der Waals surface area (Å²) < 4.78 is 5.20. The van der Waals surface area contributed by atoms with Crippen LogP contribution >= 0.6 is 11.8 Å². The number of thioether (sulfide) groups is 1. The molecule has 0 aromatic carbocycles. The molecule has 0 radical (unpaired) electrons. The van der Waals surface area contributed by atoms with Gasteiger partial charge < -0.3 is 14.5 Å². The number of carbonyl (C=O) groups excluding carboxylic acids is 1. The summed E-state index contributed by atoms with van der Waals surface area (Å²) in [6.07, 6.45) is 2.15. The van der Waals surface area contributed by atoms with Crippen molar-refractivity contribution in [2.24, 2.45) is 0 Å². The van der Waals surface area contributed by atoms with Gasteiger partial charge in [0.05, 0.1) is 12.5 Å². The number of carboxylic acids is 1. The van der Waals surface area contributed by atoms with Crippen LogP contribution in [-0.4, -0.2) is 51.1 Å². The number of aromatic nitrogens is 1. The Kier molecular flexibility index (Phi) is 3.69. The molecule has 1 saturated carbocycles. The molecule has 1 amide bonds. The van der Waals surface area contributed by atoms with Crippen molar-refractivity contribution in [3.63, 3.8) is 0 Å². The van der Waals surface area contributed by atoms with Gasteiger partial charge in [-0.2, -0.15) is 11.8 Å². The molecule has 1 unspecified atom stereocenters. The summed E-state index contributed by atoms with van der Waals surface area (Å²) >= 11 is 1.68. The highest BCUT2D eigenvalue weighted by molar-refractivity contribution is 7.99. The molecule has 1 aromatic heterocycles. The molecule has 2 heterocycles. The largest absolute Gasteiger partial charge is 0.481 e. The molecule has 108 valence electrons. The Morgan fingerprint density at radius 3 is 3.00 bits per heavy atom. The average Bonchev–Trinajstić information content (AvgIpc) is 3.16. The molecule has 2 aliphatic rings. The summed E-state index contributed by atoms with van der Waals surface area (Å²) in [6.45, 7) is 0.563. The second-order valence-corrected chi connectivity index (χ2v) is 6.36. The SMILES string of the molecule is O=C(O)CC1CSCCN1C(=O)c1cc(C2CC2)on1. The number of rotatable bonds is 4. The molecule has 1 aliphatic heterocycles. The van der Waals surface area contributed by atoms with E-state index in [-0.39, 0.29) is 18.4 Å². The van der Waals surface area contributed by atoms with Crippen molar-refractivity contribution in [1.29, 1.82) is 0 Å². The van der Waals surface area contributed by atoms with E-state index >= 15 is 0 Å². The normalized spacial score (nSPS) is 22.8. The topological polar surface area (TPSA) is 83.6 Å². The molecule has 1 aromatic rings. The third kappa shape index (κ3) is 2.82. The highest BCUT2D eigenvalue weighted by atomic mass is 32.2. The lowest BCUT2D eigenvalue weighted by Crippen LogP contribution is -2.47. The zero-order valence-electron chi connectivity index (χ0n) is 10.9. The van der Waals surface area contributed by atoms with Gasteiger partial charge in [-0.05, 0) is 12.8 Å². The molecule has 1 atom stereocenters. The van der Waals surface area contributed by atoms with Gasteiger partial charge in [0.25, 0.3) is 5.91 Å². The Labute approximate surface area is 120 Å². The number of hydrogen-bond donors (Lipinski definition) is 1. The minimum Gasteiger partial charge on any atom is -0.481 e. The highest BCUT2D eigenvalue weighted by Gasteiger charge is 2.33. The van der Waals surface area contributed by atoms with Crippen LogP contribution in [0.5, 0.6) is 0 Å². The Morgan fingerprint density at radius 2 is 2.30 bits per heavy atom. The lowest BCUT2D eigenvalue weighted by Gasteiger charge is -2.33. The van der Waals surface area contributed by atoms with Gasteiger partial charge >= 0.3 is 5.97 Å². The van der Waals surface area contributed by atoms with Gasteiger partial charge in [-0.3, -0.25) is 9.59 Å². The zero-order valence-corrected chi connectivity index (χ0v) is 11.8. The molecule has 1 aliphatic carbocycles. The van der Waals surface area contributed by atoms with Crippen LogP contribution < -0.4 is 0 Å². The van der Waals surface area contributed by atoms with Crippen LogP contribution in [0, 0.1) is 0 Å². The molecular weight excluding hydrogens is 280 g/mol. The molecule has 1 saturated heterocycles. The molecule has 3 rings (SSSR count). The molecule has 7 heteroatoms. The molecule has 2 fully saturated rings. The predicted octanol–water partition coefficient (Wildman–Crippen LogP) is 1.58. The summed E-state index contributed by atoms with van der Waals surface area (Å²) in [4.78, 5) is 25.0. The van der Waals surface area contributed by atoms with Crippen molar-refractivity contribution in [2.75, 3.05) is 18.1 Å². The second kappa shape index (κ2) is 5.47. The van der Waals surface area contributed by atoms with E-state index in [1.165, 1.54) is 0 Å². The van der Waals surface area contributed by atoms with Crippen LogP contribution in [0.2, 0.25) is 0 Å². The van der Waals surface area contributed by atoms with E-state index in [4.69, 9.17) is 9.63 Å². The molecule has 1 N–H and O–H groups in total. The van der Waals surface area contributed by atoms with Crippen molar-refractivity contribution < 1.29 is 19.2 Å². The van der Waals surface area contributed by atoms with Crippen LogP contribution in [0.1, 0.15) is 41.4 Å². The number of carboxylic acid groups (broad SMARTS) is 1. The fourth-order valence-electron chi connectivity index (χ4n) is 2.39. The first-order valence-electron chi connectivity index (χ1n) is 6.72. The highest BCUT2D eigenvalue weighted by Crippen LogP contribution is 2.40. The first-order valence-corrected chi connectivity index (χ1v) is 7.87. The molecule has 20 heavy (non-hydrogen) atoms. The van der Waals surface area contributed by atoms with E-state index < -0.39 is 5.97 Å². The van der Waals surface area contributed by atoms with Gasteiger partial charge in [0.2, 0.25) is 0 Å². The van der Waals surface area contributed by atoms with Gasteiger partial charge in [0.15, 0.2) is 5.69 Å². The molecule has 0 bridgehead atoms. The Morgan fingerprint density at radius 1 is 1.50 bits per heavy atom.